The maximum Gasteiger partial charge on any atom is 0.168 e. The number of aromatic nitrogens is 7. The van der Waals surface area contributed by atoms with Crippen LogP contribution < -0.4 is 200 Å². The van der Waals surface area contributed by atoms with E-state index in [9.17, 15) is 0 Å². The van der Waals surface area contributed by atoms with E-state index >= 15 is 0 Å². The standard InChI is InChI=1S/7C7H10N.7HI/c7*1-7-3-5-8(2)6-4-7;;;;;;;/h7*3-6H,1-2H3;7*1H/q7*+1;;;;;;;/p-7. The zero-order chi connectivity index (χ0) is 41.9. The van der Waals surface area contributed by atoms with Crippen molar-refractivity contribution >= 4 is 0 Å². The molecule has 0 saturated heterocycles. The van der Waals surface area contributed by atoms with E-state index < -0.39 is 0 Å². The number of aryl methyl sites for hydroxylation is 14. The Kier molecular flexibility index (Phi) is 56.1. The Morgan fingerprint density at radius 3 is 0.286 bits per heavy atom. The summed E-state index contributed by atoms with van der Waals surface area (Å²) in [6.45, 7) is 14.6. The van der Waals surface area contributed by atoms with Gasteiger partial charge >= 0.3 is 0 Å². The fraction of sp³-hybridized carbons (Fsp3) is 0.286. The molecule has 0 aliphatic rings. The van der Waals surface area contributed by atoms with E-state index in [0.717, 1.165) is 0 Å². The van der Waals surface area contributed by atoms with Gasteiger partial charge in [0, 0.05) is 84.9 Å². The highest BCUT2D eigenvalue weighted by Gasteiger charge is 1.90. The summed E-state index contributed by atoms with van der Waals surface area (Å²) in [4.78, 5) is 0. The van der Waals surface area contributed by atoms with Crippen molar-refractivity contribution in [1.82, 2.24) is 0 Å². The lowest BCUT2D eigenvalue weighted by atomic mass is 10.3. The summed E-state index contributed by atoms with van der Waals surface area (Å²) >= 11 is 0. The van der Waals surface area contributed by atoms with Crippen molar-refractivity contribution in [2.24, 2.45) is 49.3 Å². The first-order valence-electron chi connectivity index (χ1n) is 19.0. The van der Waals surface area contributed by atoms with E-state index in [2.05, 4.69) is 133 Å². The second kappa shape index (κ2) is 46.3. The second-order valence-corrected chi connectivity index (χ2v) is 14.3. The minimum Gasteiger partial charge on any atom is -1.00 e. The average Bonchev–Trinajstić information content (AvgIpc) is 3.18. The van der Waals surface area contributed by atoms with Gasteiger partial charge in [-0.3, -0.25) is 0 Å². The summed E-state index contributed by atoms with van der Waals surface area (Å²) in [6.07, 6.45) is 28.5. The van der Waals surface area contributed by atoms with Crippen LogP contribution in [0.25, 0.3) is 0 Å². The summed E-state index contributed by atoms with van der Waals surface area (Å²) < 4.78 is 14.1. The highest BCUT2D eigenvalue weighted by molar-refractivity contribution is 5.06. The molecule has 0 amide bonds. The van der Waals surface area contributed by atoms with Gasteiger partial charge in [0.1, 0.15) is 49.3 Å². The molecule has 63 heavy (non-hydrogen) atoms. The number of hydrogen-bond acceptors (Lipinski definition) is 0. The minimum atomic E-state index is 0. The first-order chi connectivity index (χ1) is 26.5. The second-order valence-electron chi connectivity index (χ2n) is 14.3. The summed E-state index contributed by atoms with van der Waals surface area (Å²) in [5.41, 5.74) is 9.16. The van der Waals surface area contributed by atoms with E-state index in [1.807, 2.05) is 168 Å². The average molecular weight is 1650 g/mol. The van der Waals surface area contributed by atoms with Crippen molar-refractivity contribution in [3.05, 3.63) is 211 Å². The quantitative estimate of drug-likeness (QED) is 0.107. The number of nitrogens with zero attached hydrogens (tertiary/aromatic N) is 7. The van der Waals surface area contributed by atoms with E-state index in [-0.39, 0.29) is 168 Å². The molecule has 0 saturated carbocycles. The smallest absolute Gasteiger partial charge is 0.168 e. The predicted octanol–water partition coefficient (Wildman–Crippen LogP) is -15.2. The summed E-state index contributed by atoms with van der Waals surface area (Å²) in [7, 11) is 14.1. The van der Waals surface area contributed by atoms with Crippen molar-refractivity contribution in [2.75, 3.05) is 0 Å². The molecule has 0 spiro atoms. The Bertz CT molecular complexity index is 1460. The van der Waals surface area contributed by atoms with Crippen LogP contribution in [0, 0.1) is 48.5 Å². The lowest BCUT2D eigenvalue weighted by molar-refractivity contribution is -0.671. The molecular weight excluding hydrogens is 1570 g/mol. The molecule has 14 heteroatoms. The van der Waals surface area contributed by atoms with Crippen LogP contribution in [-0.4, -0.2) is 0 Å². The number of hydrogen-bond donors (Lipinski definition) is 0. The van der Waals surface area contributed by atoms with Crippen LogP contribution >= 0.6 is 0 Å². The monoisotopic (exact) mass is 1640 g/mol. The molecule has 0 fully saturated rings. The van der Waals surface area contributed by atoms with E-state index in [0.29, 0.717) is 0 Å². The fourth-order valence-electron chi connectivity index (χ4n) is 4.03. The Hall–Kier alpha value is -0.840. The Balaban J connectivity index is -0.000000114. The van der Waals surface area contributed by atoms with Gasteiger partial charge in [-0.1, -0.05) is 0 Å². The van der Waals surface area contributed by atoms with Gasteiger partial charge in [-0.2, -0.15) is 0 Å². The third kappa shape index (κ3) is 44.8. The minimum absolute atomic E-state index is 0. The van der Waals surface area contributed by atoms with E-state index in [1.165, 1.54) is 38.9 Å². The van der Waals surface area contributed by atoms with Crippen molar-refractivity contribution in [1.29, 1.82) is 0 Å². The third-order valence-corrected chi connectivity index (χ3v) is 8.02. The predicted molar refractivity (Wildman–Crippen MR) is 226 cm³/mol. The molecule has 7 rings (SSSR count). The van der Waals surface area contributed by atoms with Crippen molar-refractivity contribution in [2.45, 2.75) is 48.5 Å². The number of rotatable bonds is 0. The molecule has 0 unspecified atom stereocenters. The molecule has 0 aliphatic carbocycles. The molecule has 0 atom stereocenters. The van der Waals surface area contributed by atoms with Crippen molar-refractivity contribution in [3.8, 4) is 0 Å². The summed E-state index contributed by atoms with van der Waals surface area (Å²) in [6, 6.07) is 29.2. The van der Waals surface area contributed by atoms with Crippen LogP contribution in [0.2, 0.25) is 0 Å². The molecular formula is C49H70I7N7. The van der Waals surface area contributed by atoms with Gasteiger partial charge in [0.15, 0.2) is 86.8 Å². The Morgan fingerprint density at radius 2 is 0.238 bits per heavy atom. The van der Waals surface area contributed by atoms with Crippen molar-refractivity contribution in [3.63, 3.8) is 0 Å². The first-order valence-corrected chi connectivity index (χ1v) is 19.0. The van der Waals surface area contributed by atoms with Crippen LogP contribution in [-0.2, 0) is 49.3 Å². The lowest BCUT2D eigenvalue weighted by Gasteiger charge is -1.85. The van der Waals surface area contributed by atoms with Crippen LogP contribution in [0.1, 0.15) is 38.9 Å². The maximum absolute atomic E-state index is 2.08. The molecule has 7 aromatic rings. The normalized spacial score (nSPS) is 8.22. The summed E-state index contributed by atoms with van der Waals surface area (Å²) in [5.74, 6) is 0. The van der Waals surface area contributed by atoms with Gasteiger partial charge in [0.05, 0.1) is 0 Å². The number of pyridine rings is 7. The van der Waals surface area contributed by atoms with E-state index in [1.54, 1.807) is 0 Å². The topological polar surface area (TPSA) is 27.2 Å². The zero-order valence-corrected chi connectivity index (χ0v) is 54.5. The molecule has 0 bridgehead atoms. The summed E-state index contributed by atoms with van der Waals surface area (Å²) in [5, 5.41) is 0. The molecule has 0 aromatic carbocycles. The highest BCUT2D eigenvalue weighted by Crippen LogP contribution is 1.91. The van der Waals surface area contributed by atoms with Gasteiger partial charge in [-0.15, -0.1) is 0 Å². The largest absolute Gasteiger partial charge is 1.00 e. The molecule has 7 nitrogen and oxygen atoms in total. The lowest BCUT2D eigenvalue weighted by Crippen LogP contribution is -3.00. The van der Waals surface area contributed by atoms with Crippen LogP contribution in [0.5, 0.6) is 0 Å². The van der Waals surface area contributed by atoms with Crippen LogP contribution in [0.3, 0.4) is 0 Å². The molecule has 0 radical (unpaired) electrons. The molecule has 350 valence electrons. The highest BCUT2D eigenvalue weighted by atomic mass is 127. The van der Waals surface area contributed by atoms with Crippen LogP contribution in [0.15, 0.2) is 172 Å². The van der Waals surface area contributed by atoms with Gasteiger partial charge in [-0.25, -0.2) is 32.0 Å². The Labute approximate surface area is 501 Å². The van der Waals surface area contributed by atoms with Gasteiger partial charge < -0.3 is 168 Å². The van der Waals surface area contributed by atoms with Gasteiger partial charge in [0.2, 0.25) is 0 Å². The van der Waals surface area contributed by atoms with Crippen LogP contribution in [0.4, 0.5) is 0 Å². The van der Waals surface area contributed by atoms with E-state index in [4.69, 9.17) is 0 Å². The first kappa shape index (κ1) is 76.4. The SMILES string of the molecule is Cc1cc[n+](C)cc1.Cc1cc[n+](C)cc1.Cc1cc[n+](C)cc1.Cc1cc[n+](C)cc1.Cc1cc[n+](C)cc1.Cc1cc[n+](C)cc1.Cc1cc[n+](C)cc1.[I-].[I-].[I-].[I-].[I-].[I-].[I-]. The Morgan fingerprint density at radius 1 is 0.175 bits per heavy atom. The molecule has 7 heterocycles. The molecule has 0 N–H and O–H groups in total. The number of halogens is 7. The van der Waals surface area contributed by atoms with Crippen molar-refractivity contribution < 1.29 is 200 Å². The zero-order valence-electron chi connectivity index (χ0n) is 39.4. The van der Waals surface area contributed by atoms with Gasteiger partial charge in [-0.05, 0) is 87.4 Å². The van der Waals surface area contributed by atoms with Gasteiger partial charge in [0.25, 0.3) is 0 Å². The molecule has 0 aliphatic heterocycles. The molecule has 7 aromatic heterocycles. The third-order valence-electron chi connectivity index (χ3n) is 8.02. The fourth-order valence-corrected chi connectivity index (χ4v) is 4.03. The maximum atomic E-state index is 2.08.